The highest BCUT2D eigenvalue weighted by Crippen LogP contribution is 2.37. The van der Waals surface area contributed by atoms with Crippen molar-refractivity contribution in [3.05, 3.63) is 99.8 Å². The van der Waals surface area contributed by atoms with Gasteiger partial charge in [-0.3, -0.25) is 4.79 Å². The van der Waals surface area contributed by atoms with Gasteiger partial charge in [0.2, 0.25) is 23.4 Å². The van der Waals surface area contributed by atoms with Gasteiger partial charge in [0.1, 0.15) is 23.3 Å². The molecule has 0 atom stereocenters. The molecule has 16 heteroatoms. The van der Waals surface area contributed by atoms with Crippen molar-refractivity contribution in [1.29, 1.82) is 0 Å². The standard InChI is InChI=1S/C40H47FN14O/c1-24-6-9-31(28-7-10-33(41)43-21-28)37(45-24)54-16-14-27(15-17-54)36-48-50-40(53(36)5)44-22-30-20-32(29-8-11-34(56)51(3)23-29)38(46-25(30)2)55-18-12-26(13-19-55)35-47-49-39(42)52(35)4/h6-11,20-21,23,26-27H,12-19,22H2,1-5H3,(H2,42,49)(H,44,50). The van der Waals surface area contributed by atoms with E-state index in [2.05, 4.69) is 51.1 Å². The normalized spacial score (nSPS) is 15.5. The molecule has 0 aromatic carbocycles. The quantitative estimate of drug-likeness (QED) is 0.192. The molecule has 0 radical (unpaired) electrons. The number of nitrogens with two attached hydrogens (primary N) is 1. The van der Waals surface area contributed by atoms with Crippen LogP contribution >= 0.6 is 0 Å². The van der Waals surface area contributed by atoms with Crippen LogP contribution in [0.1, 0.15) is 66.1 Å². The fourth-order valence-corrected chi connectivity index (χ4v) is 8.00. The maximum absolute atomic E-state index is 13.6. The number of aryl methyl sites for hydroxylation is 3. The maximum atomic E-state index is 13.6. The Bertz CT molecular complexity index is 2420. The third-order valence-electron chi connectivity index (χ3n) is 11.4. The number of hydrogen-bond donors (Lipinski definition) is 2. The topological polar surface area (TPSA) is 167 Å². The molecular weight excluding hydrogens is 712 g/mol. The first-order valence-electron chi connectivity index (χ1n) is 19.1. The molecule has 56 heavy (non-hydrogen) atoms. The molecule has 0 spiro atoms. The predicted molar refractivity (Wildman–Crippen MR) is 214 cm³/mol. The summed E-state index contributed by atoms with van der Waals surface area (Å²) < 4.78 is 19.1. The third kappa shape index (κ3) is 7.18. The highest BCUT2D eigenvalue weighted by Gasteiger charge is 2.29. The Balaban J connectivity index is 0.976. The third-order valence-corrected chi connectivity index (χ3v) is 11.4. The summed E-state index contributed by atoms with van der Waals surface area (Å²) in [5, 5.41) is 21.2. The van der Waals surface area contributed by atoms with Crippen LogP contribution in [0, 0.1) is 19.8 Å². The summed E-state index contributed by atoms with van der Waals surface area (Å²) in [4.78, 5) is 30.9. The Morgan fingerprint density at radius 2 is 1.41 bits per heavy atom. The smallest absolute Gasteiger partial charge is 0.250 e. The first-order valence-corrected chi connectivity index (χ1v) is 19.1. The average molecular weight is 759 g/mol. The van der Waals surface area contributed by atoms with E-state index < -0.39 is 5.95 Å². The minimum absolute atomic E-state index is 0.0658. The molecule has 290 valence electrons. The summed E-state index contributed by atoms with van der Waals surface area (Å²) >= 11 is 0. The zero-order valence-corrected chi connectivity index (χ0v) is 32.4. The van der Waals surface area contributed by atoms with Gasteiger partial charge < -0.3 is 34.6 Å². The van der Waals surface area contributed by atoms with E-state index in [1.807, 2.05) is 56.9 Å². The first-order chi connectivity index (χ1) is 27.0. The summed E-state index contributed by atoms with van der Waals surface area (Å²) in [5.41, 5.74) is 12.5. The van der Waals surface area contributed by atoms with Crippen molar-refractivity contribution < 1.29 is 4.39 Å². The second kappa shape index (κ2) is 15.2. The van der Waals surface area contributed by atoms with Crippen molar-refractivity contribution in [3.8, 4) is 22.3 Å². The average Bonchev–Trinajstić information content (AvgIpc) is 3.75. The Kier molecular flexibility index (Phi) is 9.95. The molecule has 8 heterocycles. The van der Waals surface area contributed by atoms with Crippen LogP contribution in [-0.4, -0.2) is 75.2 Å². The van der Waals surface area contributed by atoms with Crippen molar-refractivity contribution in [2.45, 2.75) is 57.9 Å². The molecular formula is C40H47FN14O. The molecule has 0 saturated carbocycles. The summed E-state index contributed by atoms with van der Waals surface area (Å²) in [6.07, 6.45) is 7.01. The minimum Gasteiger partial charge on any atom is -0.368 e. The van der Waals surface area contributed by atoms with E-state index in [0.29, 0.717) is 18.4 Å². The van der Waals surface area contributed by atoms with Gasteiger partial charge in [-0.25, -0.2) is 15.0 Å². The van der Waals surface area contributed by atoms with E-state index in [-0.39, 0.29) is 17.4 Å². The molecule has 15 nitrogen and oxygen atoms in total. The van der Waals surface area contributed by atoms with E-state index in [1.54, 1.807) is 29.9 Å². The van der Waals surface area contributed by atoms with Gasteiger partial charge in [-0.2, -0.15) is 4.39 Å². The molecule has 6 aromatic heterocycles. The van der Waals surface area contributed by atoms with Gasteiger partial charge in [0.05, 0.1) is 0 Å². The molecule has 2 aliphatic heterocycles. The number of rotatable bonds is 9. The van der Waals surface area contributed by atoms with Crippen molar-refractivity contribution in [2.75, 3.05) is 47.0 Å². The van der Waals surface area contributed by atoms with Crippen LogP contribution in [0.4, 0.5) is 27.9 Å². The lowest BCUT2D eigenvalue weighted by molar-refractivity contribution is 0.472. The molecule has 0 unspecified atom stereocenters. The van der Waals surface area contributed by atoms with Crippen LogP contribution < -0.4 is 26.4 Å². The molecule has 3 N–H and O–H groups in total. The monoisotopic (exact) mass is 758 g/mol. The number of aromatic nitrogens is 10. The Morgan fingerprint density at radius 1 is 0.768 bits per heavy atom. The molecule has 2 fully saturated rings. The number of nitrogens with one attached hydrogen (secondary N) is 1. The number of halogens is 1. The second-order valence-corrected chi connectivity index (χ2v) is 15.0. The number of piperidine rings is 2. The fourth-order valence-electron chi connectivity index (χ4n) is 8.00. The Hall–Kier alpha value is -6.19. The maximum Gasteiger partial charge on any atom is 0.250 e. The van der Waals surface area contributed by atoms with Gasteiger partial charge >= 0.3 is 0 Å². The van der Waals surface area contributed by atoms with Gasteiger partial charge in [-0.1, -0.05) is 0 Å². The predicted octanol–water partition coefficient (Wildman–Crippen LogP) is 4.88. The molecule has 0 amide bonds. The van der Waals surface area contributed by atoms with Crippen LogP contribution in [0.25, 0.3) is 22.3 Å². The van der Waals surface area contributed by atoms with E-state index in [0.717, 1.165) is 114 Å². The molecule has 0 aliphatic carbocycles. The van der Waals surface area contributed by atoms with E-state index >= 15 is 0 Å². The molecule has 8 rings (SSSR count). The van der Waals surface area contributed by atoms with Crippen molar-refractivity contribution >= 4 is 23.5 Å². The number of nitrogens with zero attached hydrogens (tertiary/aromatic N) is 12. The molecule has 6 aromatic rings. The largest absolute Gasteiger partial charge is 0.368 e. The van der Waals surface area contributed by atoms with Crippen molar-refractivity contribution in [1.82, 2.24) is 49.0 Å². The summed E-state index contributed by atoms with van der Waals surface area (Å²) in [6.45, 7) is 7.73. The minimum atomic E-state index is -0.501. The van der Waals surface area contributed by atoms with E-state index in [4.69, 9.17) is 15.7 Å². The highest BCUT2D eigenvalue weighted by molar-refractivity contribution is 5.77. The number of nitrogen functional groups attached to an aromatic ring is 1. The Labute approximate surface area is 324 Å². The first kappa shape index (κ1) is 36.8. The van der Waals surface area contributed by atoms with Crippen LogP contribution in [0.15, 0.2) is 59.7 Å². The fraction of sp³-hybridized carbons (Fsp3) is 0.400. The summed E-state index contributed by atoms with van der Waals surface area (Å²) in [6, 6.07) is 12.8. The summed E-state index contributed by atoms with van der Waals surface area (Å²) in [5.74, 6) is 4.75. The zero-order chi connectivity index (χ0) is 39.1. The van der Waals surface area contributed by atoms with Crippen molar-refractivity contribution in [3.63, 3.8) is 0 Å². The summed E-state index contributed by atoms with van der Waals surface area (Å²) in [7, 11) is 5.69. The van der Waals surface area contributed by atoms with Crippen LogP contribution in [0.2, 0.25) is 0 Å². The SMILES string of the molecule is Cc1ccc(-c2ccc(F)nc2)c(N2CCC(c3nnc(NCc4cc(-c5ccc(=O)n(C)c5)c(N5CCC(c6nnc(N)n6C)CC5)nc4C)n3C)CC2)n1. The van der Waals surface area contributed by atoms with Gasteiger partial charge in [0.25, 0.3) is 0 Å². The van der Waals surface area contributed by atoms with Gasteiger partial charge in [-0.05, 0) is 81.5 Å². The molecule has 2 saturated heterocycles. The number of hydrogen-bond acceptors (Lipinski definition) is 12. The van der Waals surface area contributed by atoms with Gasteiger partial charge in [0, 0.05) is 118 Å². The number of pyridine rings is 4. The lowest BCUT2D eigenvalue weighted by atomic mass is 9.95. The Morgan fingerprint density at radius 3 is 2.04 bits per heavy atom. The number of anilines is 4. The van der Waals surface area contributed by atoms with E-state index in [1.165, 1.54) is 6.07 Å². The zero-order valence-electron chi connectivity index (χ0n) is 32.4. The highest BCUT2D eigenvalue weighted by atomic mass is 19.1. The lowest BCUT2D eigenvalue weighted by Crippen LogP contribution is -2.35. The van der Waals surface area contributed by atoms with Gasteiger partial charge in [-0.15, -0.1) is 20.4 Å². The lowest BCUT2D eigenvalue weighted by Gasteiger charge is -2.34. The van der Waals surface area contributed by atoms with Crippen molar-refractivity contribution in [2.24, 2.45) is 21.1 Å². The van der Waals surface area contributed by atoms with E-state index in [9.17, 15) is 9.18 Å². The second-order valence-electron chi connectivity index (χ2n) is 15.0. The van der Waals surface area contributed by atoms with Gasteiger partial charge in [0.15, 0.2) is 0 Å². The van der Waals surface area contributed by atoms with Crippen LogP contribution in [0.5, 0.6) is 0 Å². The van der Waals surface area contributed by atoms with Crippen LogP contribution in [-0.2, 0) is 27.7 Å². The molecule has 2 aliphatic rings. The molecule has 0 bridgehead atoms. The van der Waals surface area contributed by atoms with Crippen LogP contribution in [0.3, 0.4) is 0 Å².